The van der Waals surface area contributed by atoms with Gasteiger partial charge in [-0.1, -0.05) is 105 Å². The number of aromatic nitrogens is 3. The highest BCUT2D eigenvalue weighted by atomic mass is 16.5. The predicted octanol–water partition coefficient (Wildman–Crippen LogP) is 8.96. The molecule has 3 aromatic heterocycles. The first kappa shape index (κ1) is 48.4. The van der Waals surface area contributed by atoms with Crippen molar-refractivity contribution in [1.29, 1.82) is 0 Å². The topological polar surface area (TPSA) is 129 Å². The molecule has 0 aromatic carbocycles. The van der Waals surface area contributed by atoms with E-state index in [0.29, 0.717) is 28.6 Å². The number of Topliss-reactive ketones (excluding diaryl/α,β-unsaturated/α-hetero) is 1. The van der Waals surface area contributed by atoms with Gasteiger partial charge in [-0.05, 0) is 123 Å². The number of ketones is 1. The van der Waals surface area contributed by atoms with Crippen LogP contribution in [0.2, 0.25) is 0 Å². The molecule has 9 heteroatoms. The molecule has 9 nitrogen and oxygen atoms in total. The van der Waals surface area contributed by atoms with Crippen LogP contribution in [0, 0.1) is 50.4 Å². The Kier molecular flexibility index (Phi) is 16.1. The minimum Gasteiger partial charge on any atom is -0.468 e. The molecule has 2 aliphatic heterocycles. The van der Waals surface area contributed by atoms with Crippen LogP contribution in [0.1, 0.15) is 169 Å². The van der Waals surface area contributed by atoms with Crippen molar-refractivity contribution in [3.63, 3.8) is 0 Å². The van der Waals surface area contributed by atoms with Gasteiger partial charge in [-0.25, -0.2) is 0 Å². The van der Waals surface area contributed by atoms with E-state index in [-0.39, 0.29) is 36.7 Å². The van der Waals surface area contributed by atoms with Crippen molar-refractivity contribution in [1.82, 2.24) is 20.3 Å². The van der Waals surface area contributed by atoms with Crippen LogP contribution in [0.3, 0.4) is 0 Å². The van der Waals surface area contributed by atoms with E-state index in [2.05, 4.69) is 107 Å². The van der Waals surface area contributed by atoms with Gasteiger partial charge in [0.1, 0.15) is 12.5 Å². The monoisotopic (exact) mass is 873 g/mol. The van der Waals surface area contributed by atoms with Crippen molar-refractivity contribution in [2.24, 2.45) is 29.6 Å². The molecule has 6 rings (SSSR count). The molecule has 0 saturated carbocycles. The van der Waals surface area contributed by atoms with Crippen LogP contribution < -0.4 is 26.7 Å². The van der Waals surface area contributed by atoms with Crippen LogP contribution in [0.5, 0.6) is 0 Å². The number of H-pyrrole nitrogens is 3. The lowest BCUT2D eigenvalue weighted by Crippen LogP contribution is -2.32. The van der Waals surface area contributed by atoms with Gasteiger partial charge < -0.3 is 29.7 Å². The van der Waals surface area contributed by atoms with Gasteiger partial charge in [0.05, 0.1) is 18.5 Å². The number of fused-ring (bicyclic) bond motifs is 8. The third kappa shape index (κ3) is 10.6. The quantitative estimate of drug-likeness (QED) is 0.0510. The van der Waals surface area contributed by atoms with Crippen LogP contribution in [0.4, 0.5) is 0 Å². The second-order valence-electron chi connectivity index (χ2n) is 19.7. The van der Waals surface area contributed by atoms with Crippen molar-refractivity contribution in [3.05, 3.63) is 95.7 Å². The van der Waals surface area contributed by atoms with E-state index < -0.39 is 11.9 Å². The van der Waals surface area contributed by atoms with Crippen molar-refractivity contribution >= 4 is 47.6 Å². The van der Waals surface area contributed by atoms with Crippen molar-refractivity contribution in [2.75, 3.05) is 13.7 Å². The smallest absolute Gasteiger partial charge is 0.321 e. The molecule has 5 atom stereocenters. The predicted molar refractivity (Wildman–Crippen MR) is 261 cm³/mol. The molecule has 3 aliphatic rings. The Morgan fingerprint density at radius 1 is 0.844 bits per heavy atom. The maximum atomic E-state index is 14.4. The number of rotatable bonds is 20. The molecule has 4 N–H and O–H groups in total. The molecule has 1 aliphatic carbocycles. The summed E-state index contributed by atoms with van der Waals surface area (Å²) in [6.45, 7) is 26.4. The van der Waals surface area contributed by atoms with Crippen LogP contribution >= 0.6 is 0 Å². The lowest BCUT2D eigenvalue weighted by atomic mass is 9.88. The fourth-order valence-electron chi connectivity index (χ4n) is 10.4. The summed E-state index contributed by atoms with van der Waals surface area (Å²) in [5.41, 5.74) is 11.1. The van der Waals surface area contributed by atoms with Crippen molar-refractivity contribution in [3.8, 4) is 0 Å². The molecule has 0 radical (unpaired) electrons. The number of carbonyl (C=O) groups excluding carboxylic acids is 3. The summed E-state index contributed by atoms with van der Waals surface area (Å²) >= 11 is 0. The van der Waals surface area contributed by atoms with Gasteiger partial charge in [-0.15, -0.1) is 0 Å². The Morgan fingerprint density at radius 2 is 1.52 bits per heavy atom. The van der Waals surface area contributed by atoms with E-state index in [1.54, 1.807) is 0 Å². The number of nitrogens with one attached hydrogen (secondary N) is 4. The van der Waals surface area contributed by atoms with Crippen LogP contribution in [-0.4, -0.2) is 52.4 Å². The Balaban J connectivity index is 1.23. The molecule has 8 bridgehead atoms. The number of esters is 2. The zero-order chi connectivity index (χ0) is 46.4. The van der Waals surface area contributed by atoms with Crippen molar-refractivity contribution < 1.29 is 23.9 Å². The van der Waals surface area contributed by atoms with E-state index in [4.69, 9.17) is 9.47 Å². The Bertz CT molecular complexity index is 2560. The molecule has 0 fully saturated rings. The Labute approximate surface area is 381 Å². The summed E-state index contributed by atoms with van der Waals surface area (Å²) in [7, 11) is 1.32. The SMILES string of the molecule is C=Cc1c(C)/c2[nH]/c1=C\c1[nH]c(c(CC)c1C)/C=c1\[nH]c3c(c1C)C(=O)[C@H](C(=O)OC)C=3C1=C(CCC(=O)OC/C=C(/C)CCC[C@H](C)CCC[C@H](C)CCCC(C)C)[C@H](C)C(\C=2)N1. The van der Waals surface area contributed by atoms with E-state index in [1.165, 1.54) is 63.2 Å². The molecule has 3 aromatic rings. The van der Waals surface area contributed by atoms with Gasteiger partial charge in [0.25, 0.3) is 0 Å². The van der Waals surface area contributed by atoms with E-state index >= 15 is 0 Å². The molecule has 346 valence electrons. The standard InChI is InChI=1S/C55H76N4O5/c1-13-39-35(8)42-28-44-37(10)41(24-25-48(60)64-27-26-34(7)23-17-22-33(6)21-16-20-32(5)19-15-18-31(3)4)52(58-44)50-51(55(62)63-12)54(61)49-38(11)45(59-53(49)50)30-47-40(14-2)36(9)43(57-47)29-46(39)56-42/h13,26,28-33,37,44,51,56-59H,1,14-25,27H2,2-12H3/b34-26-,42-28-,45-30-,46-29-/t32-,33-,37+,44?,51-/m1/s1. The molecule has 5 heterocycles. The normalized spacial score (nSPS) is 20.6. The van der Waals surface area contributed by atoms with Gasteiger partial charge in [-0.2, -0.15) is 0 Å². The van der Waals surface area contributed by atoms with Gasteiger partial charge in [-0.3, -0.25) is 14.4 Å². The average Bonchev–Trinajstić information content (AvgIpc) is 3.99. The number of hydrogen-bond donors (Lipinski definition) is 4. The highest BCUT2D eigenvalue weighted by Gasteiger charge is 2.45. The first-order valence-electron chi connectivity index (χ1n) is 24.2. The van der Waals surface area contributed by atoms with Gasteiger partial charge >= 0.3 is 11.9 Å². The number of aromatic amines is 3. The first-order chi connectivity index (χ1) is 30.6. The third-order valence-electron chi connectivity index (χ3n) is 14.5. The van der Waals surface area contributed by atoms with E-state index in [0.717, 1.165) is 92.3 Å². The van der Waals surface area contributed by atoms with Crippen LogP contribution in [0.25, 0.3) is 29.9 Å². The highest BCUT2D eigenvalue weighted by molar-refractivity contribution is 6.20. The maximum absolute atomic E-state index is 14.4. The molecule has 0 spiro atoms. The molecule has 1 unspecified atom stereocenters. The zero-order valence-electron chi connectivity index (χ0n) is 40.8. The molecular weight excluding hydrogens is 797 g/mol. The first-order valence-corrected chi connectivity index (χ1v) is 24.2. The maximum Gasteiger partial charge on any atom is 0.321 e. The van der Waals surface area contributed by atoms with Gasteiger partial charge in [0.15, 0.2) is 5.78 Å². The van der Waals surface area contributed by atoms with Crippen molar-refractivity contribution in [2.45, 2.75) is 152 Å². The molecule has 0 amide bonds. The summed E-state index contributed by atoms with van der Waals surface area (Å²) in [6, 6.07) is -0.217. The zero-order valence-corrected chi connectivity index (χ0v) is 40.8. The van der Waals surface area contributed by atoms with E-state index in [9.17, 15) is 14.4 Å². The number of methoxy groups -OCH3 is 1. The van der Waals surface area contributed by atoms with Gasteiger partial charge in [0.2, 0.25) is 0 Å². The highest BCUT2D eigenvalue weighted by Crippen LogP contribution is 2.39. The number of hydrogen-bond acceptors (Lipinski definition) is 6. The Morgan fingerprint density at radius 3 is 2.17 bits per heavy atom. The lowest BCUT2D eigenvalue weighted by Gasteiger charge is -2.17. The van der Waals surface area contributed by atoms with Crippen LogP contribution in [-0.2, 0) is 25.5 Å². The number of carbonyl (C=O) groups is 3. The fraction of sp³-hybridized carbons (Fsp3) is 0.545. The van der Waals surface area contributed by atoms with Gasteiger partial charge in [0, 0.05) is 62.2 Å². The summed E-state index contributed by atoms with van der Waals surface area (Å²) in [6.07, 6.45) is 23.0. The average molecular weight is 873 g/mol. The summed E-state index contributed by atoms with van der Waals surface area (Å²) in [5.74, 6) is -0.0797. The lowest BCUT2D eigenvalue weighted by molar-refractivity contribution is -0.143. The second-order valence-corrected chi connectivity index (χ2v) is 19.7. The molecular formula is C55H76N4O5. The number of ether oxygens (including phenoxy) is 2. The fourth-order valence-corrected chi connectivity index (χ4v) is 10.4. The third-order valence-corrected chi connectivity index (χ3v) is 14.5. The summed E-state index contributed by atoms with van der Waals surface area (Å²) in [4.78, 5) is 52.4. The second kappa shape index (κ2) is 21.3. The van der Waals surface area contributed by atoms with E-state index in [1.807, 2.05) is 19.1 Å². The minimum absolute atomic E-state index is 0.0876. The minimum atomic E-state index is -1.15. The largest absolute Gasteiger partial charge is 0.468 e. The van der Waals surface area contributed by atoms with Crippen LogP contribution in [0.15, 0.2) is 29.5 Å². The molecule has 0 saturated heterocycles. The Hall–Kier alpha value is -5.05. The summed E-state index contributed by atoms with van der Waals surface area (Å²) in [5, 5.41) is 7.08. The summed E-state index contributed by atoms with van der Waals surface area (Å²) < 4.78 is 11.1. The number of allylic oxidation sites excluding steroid dienone is 2. The molecule has 64 heavy (non-hydrogen) atoms.